The summed E-state index contributed by atoms with van der Waals surface area (Å²) in [7, 11) is 0. The fraction of sp³-hybridized carbons (Fsp3) is 0.278. The predicted molar refractivity (Wildman–Crippen MR) is 90.2 cm³/mol. The number of hydrogen-bond acceptors (Lipinski definition) is 6. The first-order valence-electron chi connectivity index (χ1n) is 7.78. The zero-order valence-corrected chi connectivity index (χ0v) is 14.2. The summed E-state index contributed by atoms with van der Waals surface area (Å²) in [6.07, 6.45) is 1.58. The summed E-state index contributed by atoms with van der Waals surface area (Å²) in [5.74, 6) is -0.132. The predicted octanol–water partition coefficient (Wildman–Crippen LogP) is 3.07. The largest absolute Gasteiger partial charge is 0.464 e. The zero-order valence-electron chi connectivity index (χ0n) is 14.2. The second-order valence-electron chi connectivity index (χ2n) is 5.90. The zero-order chi connectivity index (χ0) is 18.0. The molecule has 1 N–H and O–H groups in total. The van der Waals surface area contributed by atoms with Gasteiger partial charge in [0.05, 0.1) is 12.7 Å². The van der Waals surface area contributed by atoms with Crippen LogP contribution in [0.5, 0.6) is 0 Å². The number of aryl methyl sites for hydroxylation is 3. The molecule has 2 aromatic heterocycles. The number of rotatable bonds is 5. The van der Waals surface area contributed by atoms with E-state index in [1.807, 2.05) is 26.0 Å². The first kappa shape index (κ1) is 16.8. The Labute approximate surface area is 143 Å². The third-order valence-corrected chi connectivity index (χ3v) is 3.86. The fourth-order valence-corrected chi connectivity index (χ4v) is 2.43. The minimum atomic E-state index is -0.507. The average molecular weight is 342 g/mol. The highest BCUT2D eigenvalue weighted by molar-refractivity contribution is 5.92. The molecular weight excluding hydrogens is 324 g/mol. The molecule has 0 aliphatic rings. The lowest BCUT2D eigenvalue weighted by Crippen LogP contribution is -2.21. The summed E-state index contributed by atoms with van der Waals surface area (Å²) in [6, 6.07) is 5.49. The lowest BCUT2D eigenvalue weighted by atomic mass is 10.0. The summed E-state index contributed by atoms with van der Waals surface area (Å²) in [4.78, 5) is 23.7. The number of anilines is 1. The Morgan fingerprint density at radius 1 is 1.16 bits per heavy atom. The third kappa shape index (κ3) is 3.88. The van der Waals surface area contributed by atoms with E-state index < -0.39 is 18.5 Å². The first-order valence-corrected chi connectivity index (χ1v) is 7.78. The van der Waals surface area contributed by atoms with Crippen LogP contribution in [0.25, 0.3) is 11.0 Å². The standard InChI is InChI=1S/C18H18N2O5/c1-10-4-14-13(8-23-15(14)5-11(10)2)7-18(22)24-9-17(21)19-16-6-12(3)25-20-16/h4-6,8H,7,9H2,1-3H3,(H,19,20,21). The van der Waals surface area contributed by atoms with E-state index >= 15 is 0 Å². The maximum Gasteiger partial charge on any atom is 0.310 e. The van der Waals surface area contributed by atoms with Crippen molar-refractivity contribution in [1.29, 1.82) is 0 Å². The number of nitrogens with one attached hydrogen (secondary N) is 1. The summed E-state index contributed by atoms with van der Waals surface area (Å²) < 4.78 is 15.3. The van der Waals surface area contributed by atoms with Crippen molar-refractivity contribution in [2.24, 2.45) is 0 Å². The number of fused-ring (bicyclic) bond motifs is 1. The average Bonchev–Trinajstić information content (AvgIpc) is 3.13. The van der Waals surface area contributed by atoms with Crippen LogP contribution in [-0.2, 0) is 20.7 Å². The summed E-state index contributed by atoms with van der Waals surface area (Å²) in [5.41, 5.74) is 3.70. The molecule has 0 unspecified atom stereocenters. The van der Waals surface area contributed by atoms with Crippen LogP contribution in [0.4, 0.5) is 5.82 Å². The van der Waals surface area contributed by atoms with E-state index in [1.165, 1.54) is 0 Å². The number of carbonyl (C=O) groups excluding carboxylic acids is 2. The molecular formula is C18H18N2O5. The van der Waals surface area contributed by atoms with E-state index in [0.717, 1.165) is 27.7 Å². The number of aromatic nitrogens is 1. The fourth-order valence-electron chi connectivity index (χ4n) is 2.43. The van der Waals surface area contributed by atoms with Crippen LogP contribution >= 0.6 is 0 Å². The smallest absolute Gasteiger partial charge is 0.310 e. The first-order chi connectivity index (χ1) is 11.9. The van der Waals surface area contributed by atoms with Gasteiger partial charge in [0.1, 0.15) is 11.3 Å². The molecule has 7 nitrogen and oxygen atoms in total. The lowest BCUT2D eigenvalue weighted by molar-refractivity contribution is -0.146. The molecule has 0 spiro atoms. The van der Waals surface area contributed by atoms with E-state index in [9.17, 15) is 9.59 Å². The number of ether oxygens (including phenoxy) is 1. The molecule has 0 saturated heterocycles. The Hall–Kier alpha value is -3.09. The van der Waals surface area contributed by atoms with Gasteiger partial charge in [0.2, 0.25) is 0 Å². The van der Waals surface area contributed by atoms with Gasteiger partial charge in [-0.15, -0.1) is 0 Å². The molecule has 0 aliphatic carbocycles. The highest BCUT2D eigenvalue weighted by Gasteiger charge is 2.14. The second-order valence-corrected chi connectivity index (χ2v) is 5.90. The van der Waals surface area contributed by atoms with Crippen LogP contribution in [0.1, 0.15) is 22.5 Å². The van der Waals surface area contributed by atoms with Crippen molar-refractivity contribution in [3.05, 3.63) is 46.9 Å². The van der Waals surface area contributed by atoms with E-state index in [1.54, 1.807) is 19.3 Å². The SMILES string of the molecule is Cc1cc(NC(=O)COC(=O)Cc2coc3cc(C)c(C)cc23)no1. The van der Waals surface area contributed by atoms with E-state index in [2.05, 4.69) is 10.5 Å². The number of nitrogens with zero attached hydrogens (tertiary/aromatic N) is 1. The molecule has 3 aromatic rings. The summed E-state index contributed by atoms with van der Waals surface area (Å²) in [5, 5.41) is 6.99. The topological polar surface area (TPSA) is 94.6 Å². The minimum absolute atomic E-state index is 0.0336. The van der Waals surface area contributed by atoms with E-state index in [0.29, 0.717) is 5.76 Å². The number of amides is 1. The van der Waals surface area contributed by atoms with Gasteiger partial charge in [-0.25, -0.2) is 0 Å². The van der Waals surface area contributed by atoms with Gasteiger partial charge in [0, 0.05) is 17.0 Å². The van der Waals surface area contributed by atoms with Crippen molar-refractivity contribution in [3.63, 3.8) is 0 Å². The Kier molecular flexibility index (Phi) is 4.56. The van der Waals surface area contributed by atoms with Crippen LogP contribution in [-0.4, -0.2) is 23.6 Å². The van der Waals surface area contributed by atoms with Gasteiger partial charge in [-0.2, -0.15) is 0 Å². The molecule has 1 aromatic carbocycles. The van der Waals surface area contributed by atoms with Crippen LogP contribution in [0.15, 0.2) is 33.4 Å². The monoisotopic (exact) mass is 342 g/mol. The van der Waals surface area contributed by atoms with Crippen LogP contribution in [0.3, 0.4) is 0 Å². The molecule has 0 saturated carbocycles. The maximum absolute atomic E-state index is 12.0. The molecule has 130 valence electrons. The lowest BCUT2D eigenvalue weighted by Gasteiger charge is -2.04. The van der Waals surface area contributed by atoms with Gasteiger partial charge < -0.3 is 19.0 Å². The van der Waals surface area contributed by atoms with Gasteiger partial charge in [-0.3, -0.25) is 9.59 Å². The van der Waals surface area contributed by atoms with Gasteiger partial charge in [0.25, 0.3) is 5.91 Å². The van der Waals surface area contributed by atoms with Crippen molar-refractivity contribution in [3.8, 4) is 0 Å². The molecule has 7 heteroatoms. The van der Waals surface area contributed by atoms with Crippen LogP contribution < -0.4 is 5.32 Å². The van der Waals surface area contributed by atoms with E-state index in [-0.39, 0.29) is 12.2 Å². The maximum atomic E-state index is 12.0. The summed E-state index contributed by atoms with van der Waals surface area (Å²) >= 11 is 0. The minimum Gasteiger partial charge on any atom is -0.464 e. The molecule has 0 atom stereocenters. The number of hydrogen-bond donors (Lipinski definition) is 1. The Morgan fingerprint density at radius 2 is 1.92 bits per heavy atom. The van der Waals surface area contributed by atoms with Gasteiger partial charge in [-0.1, -0.05) is 5.16 Å². The second kappa shape index (κ2) is 6.80. The van der Waals surface area contributed by atoms with Crippen molar-refractivity contribution in [2.75, 3.05) is 11.9 Å². The number of benzene rings is 1. The molecule has 3 rings (SSSR count). The summed E-state index contributed by atoms with van der Waals surface area (Å²) in [6.45, 7) is 5.32. The number of carbonyl (C=O) groups is 2. The molecule has 0 radical (unpaired) electrons. The van der Waals surface area contributed by atoms with Crippen LogP contribution in [0.2, 0.25) is 0 Å². The molecule has 0 bridgehead atoms. The quantitative estimate of drug-likeness (QED) is 0.716. The van der Waals surface area contributed by atoms with Crippen molar-refractivity contribution < 1.29 is 23.3 Å². The Bertz CT molecular complexity index is 938. The van der Waals surface area contributed by atoms with Crippen molar-refractivity contribution >= 4 is 28.7 Å². The van der Waals surface area contributed by atoms with E-state index in [4.69, 9.17) is 13.7 Å². The Morgan fingerprint density at radius 3 is 2.64 bits per heavy atom. The normalized spacial score (nSPS) is 10.8. The van der Waals surface area contributed by atoms with Crippen molar-refractivity contribution in [2.45, 2.75) is 27.2 Å². The van der Waals surface area contributed by atoms with Crippen molar-refractivity contribution in [1.82, 2.24) is 5.16 Å². The third-order valence-electron chi connectivity index (χ3n) is 3.86. The van der Waals surface area contributed by atoms with Gasteiger partial charge in [-0.05, 0) is 44.0 Å². The molecule has 0 aliphatic heterocycles. The number of furan rings is 1. The van der Waals surface area contributed by atoms with Crippen LogP contribution in [0, 0.1) is 20.8 Å². The van der Waals surface area contributed by atoms with Gasteiger partial charge in [0.15, 0.2) is 12.4 Å². The number of esters is 1. The molecule has 1 amide bonds. The molecule has 25 heavy (non-hydrogen) atoms. The molecule has 2 heterocycles. The molecule has 0 fully saturated rings. The highest BCUT2D eigenvalue weighted by Crippen LogP contribution is 2.25. The Balaban J connectivity index is 1.57. The highest BCUT2D eigenvalue weighted by atomic mass is 16.5. The van der Waals surface area contributed by atoms with Gasteiger partial charge >= 0.3 is 5.97 Å².